The van der Waals surface area contributed by atoms with Gasteiger partial charge in [-0.2, -0.15) is 0 Å². The molecule has 1 saturated heterocycles. The van der Waals surface area contributed by atoms with E-state index in [0.29, 0.717) is 22.7 Å². The van der Waals surface area contributed by atoms with Gasteiger partial charge in [-0.3, -0.25) is 15.0 Å². The fraction of sp³-hybridized carbons (Fsp3) is 0.300. The van der Waals surface area contributed by atoms with E-state index in [-0.39, 0.29) is 23.8 Å². The standard InChI is InChI=1S/C20H23N3O2/c1-13(2)17-12-18(23-22-17)20(25)21-16-10-6-9-15(11-16)19(24)14-7-4-3-5-8-14/h3-11,13,17-18,22-23H,12H2,1-2H3,(H,21,25). The van der Waals surface area contributed by atoms with Crippen molar-refractivity contribution in [2.45, 2.75) is 32.4 Å². The number of rotatable bonds is 5. The van der Waals surface area contributed by atoms with E-state index in [4.69, 9.17) is 0 Å². The van der Waals surface area contributed by atoms with Crippen LogP contribution in [0.2, 0.25) is 0 Å². The molecular formula is C20H23N3O2. The number of hydrogen-bond acceptors (Lipinski definition) is 4. The van der Waals surface area contributed by atoms with Crippen LogP contribution in [0, 0.1) is 5.92 Å². The molecule has 130 valence electrons. The zero-order chi connectivity index (χ0) is 17.8. The van der Waals surface area contributed by atoms with Gasteiger partial charge in [0.1, 0.15) is 6.04 Å². The lowest BCUT2D eigenvalue weighted by Crippen LogP contribution is -2.40. The molecular weight excluding hydrogens is 314 g/mol. The summed E-state index contributed by atoms with van der Waals surface area (Å²) in [5.41, 5.74) is 8.02. The molecule has 2 atom stereocenters. The van der Waals surface area contributed by atoms with Gasteiger partial charge in [0.25, 0.3) is 0 Å². The second-order valence-corrected chi connectivity index (χ2v) is 6.69. The topological polar surface area (TPSA) is 70.2 Å². The molecule has 5 nitrogen and oxygen atoms in total. The fourth-order valence-corrected chi connectivity index (χ4v) is 2.91. The summed E-state index contributed by atoms with van der Waals surface area (Å²) < 4.78 is 0. The molecule has 1 heterocycles. The normalized spacial score (nSPS) is 19.8. The Balaban J connectivity index is 1.68. The van der Waals surface area contributed by atoms with E-state index in [1.54, 1.807) is 36.4 Å². The van der Waals surface area contributed by atoms with Gasteiger partial charge in [-0.05, 0) is 24.5 Å². The molecule has 3 N–H and O–H groups in total. The van der Waals surface area contributed by atoms with Crippen LogP contribution in [0.25, 0.3) is 0 Å². The van der Waals surface area contributed by atoms with Crippen molar-refractivity contribution in [3.63, 3.8) is 0 Å². The van der Waals surface area contributed by atoms with Crippen molar-refractivity contribution in [2.75, 3.05) is 5.32 Å². The maximum Gasteiger partial charge on any atom is 0.242 e. The van der Waals surface area contributed by atoms with Crippen LogP contribution in [0.4, 0.5) is 5.69 Å². The Bertz CT molecular complexity index is 759. The number of hydrogen-bond donors (Lipinski definition) is 3. The first-order valence-electron chi connectivity index (χ1n) is 8.56. The summed E-state index contributed by atoms with van der Waals surface area (Å²) in [6.45, 7) is 4.25. The first-order valence-corrected chi connectivity index (χ1v) is 8.56. The van der Waals surface area contributed by atoms with Gasteiger partial charge in [-0.1, -0.05) is 56.3 Å². The summed E-state index contributed by atoms with van der Waals surface area (Å²) in [4.78, 5) is 25.0. The lowest BCUT2D eigenvalue weighted by atomic mass is 9.99. The summed E-state index contributed by atoms with van der Waals surface area (Å²) in [7, 11) is 0. The fourth-order valence-electron chi connectivity index (χ4n) is 2.91. The third-order valence-electron chi connectivity index (χ3n) is 4.48. The van der Waals surface area contributed by atoms with Crippen molar-refractivity contribution in [2.24, 2.45) is 5.92 Å². The molecule has 0 saturated carbocycles. The lowest BCUT2D eigenvalue weighted by Gasteiger charge is -2.13. The highest BCUT2D eigenvalue weighted by atomic mass is 16.2. The van der Waals surface area contributed by atoms with Crippen LogP contribution in [0.5, 0.6) is 0 Å². The maximum absolute atomic E-state index is 12.5. The van der Waals surface area contributed by atoms with Crippen LogP contribution in [0.3, 0.4) is 0 Å². The first kappa shape index (κ1) is 17.3. The summed E-state index contributed by atoms with van der Waals surface area (Å²) >= 11 is 0. The van der Waals surface area contributed by atoms with Crippen molar-refractivity contribution in [1.82, 2.24) is 10.9 Å². The zero-order valence-corrected chi connectivity index (χ0v) is 14.5. The molecule has 0 bridgehead atoms. The molecule has 2 aromatic carbocycles. The average molecular weight is 337 g/mol. The van der Waals surface area contributed by atoms with Crippen LogP contribution in [-0.2, 0) is 4.79 Å². The molecule has 1 amide bonds. The Kier molecular flexibility index (Phi) is 5.26. The van der Waals surface area contributed by atoms with Gasteiger partial charge < -0.3 is 5.32 Å². The van der Waals surface area contributed by atoms with Gasteiger partial charge in [0.2, 0.25) is 5.91 Å². The van der Waals surface area contributed by atoms with E-state index in [2.05, 4.69) is 30.0 Å². The lowest BCUT2D eigenvalue weighted by molar-refractivity contribution is -0.117. The molecule has 3 rings (SSSR count). The molecule has 2 aromatic rings. The van der Waals surface area contributed by atoms with Crippen LogP contribution in [0.1, 0.15) is 36.2 Å². The minimum absolute atomic E-state index is 0.0581. The van der Waals surface area contributed by atoms with E-state index in [1.165, 1.54) is 0 Å². The molecule has 0 spiro atoms. The number of benzene rings is 2. The Labute approximate surface area is 147 Å². The van der Waals surface area contributed by atoms with E-state index < -0.39 is 0 Å². The molecule has 5 heteroatoms. The van der Waals surface area contributed by atoms with Gasteiger partial charge in [0.15, 0.2) is 5.78 Å². The largest absolute Gasteiger partial charge is 0.325 e. The Hall–Kier alpha value is -2.50. The number of ketones is 1. The molecule has 0 aliphatic carbocycles. The van der Waals surface area contributed by atoms with E-state index >= 15 is 0 Å². The average Bonchev–Trinajstić information content (AvgIpc) is 3.13. The molecule has 25 heavy (non-hydrogen) atoms. The van der Waals surface area contributed by atoms with Gasteiger partial charge in [-0.15, -0.1) is 0 Å². The van der Waals surface area contributed by atoms with Crippen molar-refractivity contribution in [1.29, 1.82) is 0 Å². The minimum atomic E-state index is -0.277. The molecule has 0 aromatic heterocycles. The van der Waals surface area contributed by atoms with Gasteiger partial charge in [0.05, 0.1) is 0 Å². The number of amides is 1. The van der Waals surface area contributed by atoms with E-state index in [0.717, 1.165) is 6.42 Å². The maximum atomic E-state index is 12.5. The zero-order valence-electron chi connectivity index (χ0n) is 14.5. The van der Waals surface area contributed by atoms with Crippen molar-refractivity contribution in [3.05, 3.63) is 65.7 Å². The Morgan fingerprint density at radius 2 is 1.72 bits per heavy atom. The third kappa shape index (κ3) is 4.13. The van der Waals surface area contributed by atoms with E-state index in [1.807, 2.05) is 18.2 Å². The second kappa shape index (κ2) is 7.59. The predicted molar refractivity (Wildman–Crippen MR) is 98.2 cm³/mol. The SMILES string of the molecule is CC(C)C1CC(C(=O)Nc2cccc(C(=O)c3ccccc3)c2)NN1. The van der Waals surface area contributed by atoms with Gasteiger partial charge >= 0.3 is 0 Å². The highest BCUT2D eigenvalue weighted by Crippen LogP contribution is 2.18. The van der Waals surface area contributed by atoms with Crippen LogP contribution in [-0.4, -0.2) is 23.8 Å². The predicted octanol–water partition coefficient (Wildman–Crippen LogP) is 2.75. The number of nitrogens with one attached hydrogen (secondary N) is 3. The molecule has 2 unspecified atom stereocenters. The molecule has 0 radical (unpaired) electrons. The first-order chi connectivity index (χ1) is 12.0. The minimum Gasteiger partial charge on any atom is -0.325 e. The molecule has 1 aliphatic heterocycles. The highest BCUT2D eigenvalue weighted by Gasteiger charge is 2.30. The monoisotopic (exact) mass is 337 g/mol. The van der Waals surface area contributed by atoms with Crippen molar-refractivity contribution in [3.8, 4) is 0 Å². The van der Waals surface area contributed by atoms with E-state index in [9.17, 15) is 9.59 Å². The second-order valence-electron chi connectivity index (χ2n) is 6.69. The molecule has 1 fully saturated rings. The van der Waals surface area contributed by atoms with Crippen molar-refractivity contribution < 1.29 is 9.59 Å². The number of carbonyl (C=O) groups is 2. The van der Waals surface area contributed by atoms with Crippen LogP contribution < -0.4 is 16.2 Å². The smallest absolute Gasteiger partial charge is 0.242 e. The van der Waals surface area contributed by atoms with Gasteiger partial charge in [0, 0.05) is 22.9 Å². The Morgan fingerprint density at radius 1 is 1.00 bits per heavy atom. The van der Waals surface area contributed by atoms with Crippen molar-refractivity contribution >= 4 is 17.4 Å². The van der Waals surface area contributed by atoms with Gasteiger partial charge in [-0.25, -0.2) is 5.43 Å². The summed E-state index contributed by atoms with van der Waals surface area (Å²) in [5, 5.41) is 2.90. The van der Waals surface area contributed by atoms with Crippen LogP contribution >= 0.6 is 0 Å². The summed E-state index contributed by atoms with van der Waals surface area (Å²) in [6.07, 6.45) is 0.742. The number of hydrazine groups is 1. The third-order valence-corrected chi connectivity index (χ3v) is 4.48. The summed E-state index contributed by atoms with van der Waals surface area (Å²) in [6, 6.07) is 16.2. The molecule has 1 aliphatic rings. The van der Waals surface area contributed by atoms with Crippen LogP contribution in [0.15, 0.2) is 54.6 Å². The number of anilines is 1. The summed E-state index contributed by atoms with van der Waals surface area (Å²) in [5.74, 6) is 0.300. The number of carbonyl (C=O) groups excluding carboxylic acids is 2. The highest BCUT2D eigenvalue weighted by molar-refractivity contribution is 6.09. The Morgan fingerprint density at radius 3 is 2.40 bits per heavy atom. The quantitative estimate of drug-likeness (QED) is 0.734.